The van der Waals surface area contributed by atoms with Crippen LogP contribution in [0.2, 0.25) is 0 Å². The van der Waals surface area contributed by atoms with Gasteiger partial charge in [-0.1, -0.05) is 12.1 Å². The van der Waals surface area contributed by atoms with Crippen LogP contribution >= 0.6 is 11.3 Å². The van der Waals surface area contributed by atoms with Gasteiger partial charge in [-0.15, -0.1) is 11.3 Å². The zero-order valence-corrected chi connectivity index (χ0v) is 15.1. The van der Waals surface area contributed by atoms with Gasteiger partial charge < -0.3 is 9.64 Å². The second-order valence-corrected chi connectivity index (χ2v) is 8.00. The van der Waals surface area contributed by atoms with Crippen LogP contribution in [0.15, 0.2) is 30.5 Å². The fourth-order valence-corrected chi connectivity index (χ4v) is 4.24. The first-order valence-electron chi connectivity index (χ1n) is 8.84. The van der Waals surface area contributed by atoms with Crippen LogP contribution < -0.4 is 4.74 Å². The van der Waals surface area contributed by atoms with Crippen LogP contribution in [-0.4, -0.2) is 54.6 Å². The van der Waals surface area contributed by atoms with Crippen molar-refractivity contribution in [3.05, 3.63) is 35.3 Å². The third kappa shape index (κ3) is 3.97. The summed E-state index contributed by atoms with van der Waals surface area (Å²) < 4.78 is 5.31. The second kappa shape index (κ2) is 7.21. The maximum atomic E-state index is 5.31. The largest absolute Gasteiger partial charge is 0.497 e. The molecule has 2 aliphatic rings. The minimum absolute atomic E-state index is 0.885. The number of aromatic nitrogens is 1. The van der Waals surface area contributed by atoms with Gasteiger partial charge >= 0.3 is 0 Å². The van der Waals surface area contributed by atoms with E-state index < -0.39 is 0 Å². The van der Waals surface area contributed by atoms with Gasteiger partial charge in [0.05, 0.1) is 7.11 Å². The van der Waals surface area contributed by atoms with Crippen LogP contribution in [0.5, 0.6) is 5.75 Å². The molecule has 0 atom stereocenters. The quantitative estimate of drug-likeness (QED) is 0.804. The Balaban J connectivity index is 1.33. The Kier molecular flexibility index (Phi) is 4.83. The van der Waals surface area contributed by atoms with Crippen LogP contribution in [0.1, 0.15) is 17.7 Å². The van der Waals surface area contributed by atoms with Crippen LogP contribution in [0, 0.1) is 5.92 Å². The number of piperazine rings is 1. The molecule has 1 aliphatic carbocycles. The summed E-state index contributed by atoms with van der Waals surface area (Å²) in [6, 6.07) is 8.15. The third-order valence-corrected chi connectivity index (χ3v) is 5.96. The first-order valence-corrected chi connectivity index (χ1v) is 9.65. The van der Waals surface area contributed by atoms with E-state index in [1.165, 1.54) is 50.4 Å². The summed E-state index contributed by atoms with van der Waals surface area (Å²) in [5, 5.41) is 1.08. The molecule has 4 nitrogen and oxygen atoms in total. The Labute approximate surface area is 148 Å². The van der Waals surface area contributed by atoms with Crippen LogP contribution in [-0.2, 0) is 6.54 Å². The molecule has 0 amide bonds. The highest BCUT2D eigenvalue weighted by Crippen LogP contribution is 2.31. The van der Waals surface area contributed by atoms with Gasteiger partial charge in [-0.3, -0.25) is 4.90 Å². The summed E-state index contributed by atoms with van der Waals surface area (Å²) >= 11 is 1.80. The summed E-state index contributed by atoms with van der Waals surface area (Å²) in [7, 11) is 1.70. The van der Waals surface area contributed by atoms with Gasteiger partial charge in [0.1, 0.15) is 10.8 Å². The van der Waals surface area contributed by atoms with Gasteiger partial charge in [0, 0.05) is 55.9 Å². The van der Waals surface area contributed by atoms with E-state index in [2.05, 4.69) is 26.9 Å². The predicted octanol–water partition coefficient (Wildman–Crippen LogP) is 3.35. The molecular formula is C19H25N3OS. The van der Waals surface area contributed by atoms with E-state index in [4.69, 9.17) is 4.74 Å². The molecule has 0 spiro atoms. The highest BCUT2D eigenvalue weighted by atomic mass is 32.1. The van der Waals surface area contributed by atoms with E-state index >= 15 is 0 Å². The first kappa shape index (κ1) is 16.1. The van der Waals surface area contributed by atoms with Crippen LogP contribution in [0.25, 0.3) is 10.6 Å². The van der Waals surface area contributed by atoms with Gasteiger partial charge in [0.25, 0.3) is 0 Å². The number of hydrogen-bond donors (Lipinski definition) is 0. The summed E-state index contributed by atoms with van der Waals surface area (Å²) in [4.78, 5) is 11.2. The minimum Gasteiger partial charge on any atom is -0.497 e. The number of nitrogens with zero attached hydrogens (tertiary/aromatic N) is 3. The third-order valence-electron chi connectivity index (χ3n) is 4.93. The molecule has 24 heavy (non-hydrogen) atoms. The van der Waals surface area contributed by atoms with Crippen LogP contribution in [0.3, 0.4) is 0 Å². The van der Waals surface area contributed by atoms with E-state index in [9.17, 15) is 0 Å². The number of benzene rings is 1. The SMILES string of the molecule is COc1cccc(-c2ncc(CN3CCN(CC4CC4)CC3)s2)c1. The Bertz CT molecular complexity index is 675. The highest BCUT2D eigenvalue weighted by Gasteiger charge is 2.26. The van der Waals surface area contributed by atoms with E-state index in [-0.39, 0.29) is 0 Å². The summed E-state index contributed by atoms with van der Waals surface area (Å²) in [6.07, 6.45) is 4.94. The second-order valence-electron chi connectivity index (χ2n) is 6.88. The Morgan fingerprint density at radius 2 is 1.96 bits per heavy atom. The molecule has 1 aromatic carbocycles. The zero-order valence-electron chi connectivity index (χ0n) is 14.3. The van der Waals surface area contributed by atoms with E-state index in [0.29, 0.717) is 0 Å². The van der Waals surface area contributed by atoms with Gasteiger partial charge in [-0.05, 0) is 30.9 Å². The lowest BCUT2D eigenvalue weighted by molar-refractivity contribution is 0.124. The molecule has 1 aliphatic heterocycles. The van der Waals surface area contributed by atoms with Crippen molar-refractivity contribution >= 4 is 11.3 Å². The van der Waals surface area contributed by atoms with E-state index in [0.717, 1.165) is 28.8 Å². The molecule has 2 fully saturated rings. The Hall–Kier alpha value is -1.43. The number of hydrogen-bond acceptors (Lipinski definition) is 5. The van der Waals surface area contributed by atoms with Crippen LogP contribution in [0.4, 0.5) is 0 Å². The van der Waals surface area contributed by atoms with Crippen molar-refractivity contribution in [2.24, 2.45) is 5.92 Å². The van der Waals surface area contributed by atoms with Crippen molar-refractivity contribution in [3.8, 4) is 16.3 Å². The lowest BCUT2D eigenvalue weighted by Crippen LogP contribution is -2.46. The minimum atomic E-state index is 0.885. The number of rotatable bonds is 6. The maximum Gasteiger partial charge on any atom is 0.123 e. The lowest BCUT2D eigenvalue weighted by atomic mass is 10.2. The fraction of sp³-hybridized carbons (Fsp3) is 0.526. The molecule has 0 unspecified atom stereocenters. The standard InChI is InChI=1S/C19H25N3OS/c1-23-17-4-2-3-16(11-17)19-20-12-18(24-19)14-22-9-7-21(8-10-22)13-15-5-6-15/h2-4,11-12,15H,5-10,13-14H2,1H3. The Morgan fingerprint density at radius 3 is 2.71 bits per heavy atom. The fourth-order valence-electron chi connectivity index (χ4n) is 3.29. The van der Waals surface area contributed by atoms with Gasteiger partial charge in [-0.25, -0.2) is 4.98 Å². The predicted molar refractivity (Wildman–Crippen MR) is 98.5 cm³/mol. The lowest BCUT2D eigenvalue weighted by Gasteiger charge is -2.34. The van der Waals surface area contributed by atoms with Crippen molar-refractivity contribution in [1.29, 1.82) is 0 Å². The Morgan fingerprint density at radius 1 is 1.17 bits per heavy atom. The molecule has 5 heteroatoms. The number of ether oxygens (including phenoxy) is 1. The van der Waals surface area contributed by atoms with E-state index in [1.54, 1.807) is 18.4 Å². The molecule has 2 heterocycles. The van der Waals surface area contributed by atoms with Gasteiger partial charge in [0.15, 0.2) is 0 Å². The van der Waals surface area contributed by atoms with Gasteiger partial charge in [-0.2, -0.15) is 0 Å². The molecule has 1 saturated carbocycles. The smallest absolute Gasteiger partial charge is 0.123 e. The summed E-state index contributed by atoms with van der Waals surface area (Å²) in [5.41, 5.74) is 1.14. The molecule has 128 valence electrons. The molecule has 1 saturated heterocycles. The normalized spacial score (nSPS) is 19.5. The molecule has 4 rings (SSSR count). The molecule has 1 aromatic heterocycles. The highest BCUT2D eigenvalue weighted by molar-refractivity contribution is 7.15. The summed E-state index contributed by atoms with van der Waals surface area (Å²) in [5.74, 6) is 1.89. The maximum absolute atomic E-state index is 5.31. The molecule has 0 radical (unpaired) electrons. The first-order chi connectivity index (χ1) is 11.8. The van der Waals surface area contributed by atoms with Crippen molar-refractivity contribution in [3.63, 3.8) is 0 Å². The zero-order chi connectivity index (χ0) is 16.4. The number of thiazole rings is 1. The molecule has 0 N–H and O–H groups in total. The average molecular weight is 343 g/mol. The molecule has 0 bridgehead atoms. The molecular weight excluding hydrogens is 318 g/mol. The summed E-state index contributed by atoms with van der Waals surface area (Å²) in [6.45, 7) is 7.15. The average Bonchev–Trinajstić information content (AvgIpc) is 3.32. The number of methoxy groups -OCH3 is 1. The molecule has 2 aromatic rings. The topological polar surface area (TPSA) is 28.6 Å². The van der Waals surface area contributed by atoms with Crippen molar-refractivity contribution in [2.75, 3.05) is 39.8 Å². The van der Waals surface area contributed by atoms with Crippen molar-refractivity contribution < 1.29 is 4.74 Å². The van der Waals surface area contributed by atoms with Crippen molar-refractivity contribution in [2.45, 2.75) is 19.4 Å². The van der Waals surface area contributed by atoms with Gasteiger partial charge in [0.2, 0.25) is 0 Å². The monoisotopic (exact) mass is 343 g/mol. The van der Waals surface area contributed by atoms with Crippen molar-refractivity contribution in [1.82, 2.24) is 14.8 Å². The van der Waals surface area contributed by atoms with E-state index in [1.807, 2.05) is 18.3 Å².